The zero-order valence-electron chi connectivity index (χ0n) is 15.6. The number of hydrogen-bond donors (Lipinski definition) is 1. The Hall–Kier alpha value is -3.22. The van der Waals surface area contributed by atoms with E-state index in [4.69, 9.17) is 14.2 Å². The van der Waals surface area contributed by atoms with Crippen LogP contribution in [0.15, 0.2) is 42.5 Å². The van der Waals surface area contributed by atoms with Gasteiger partial charge in [-0.1, -0.05) is 12.1 Å². The number of amides is 2. The van der Waals surface area contributed by atoms with Crippen LogP contribution in [0, 0.1) is 0 Å². The fourth-order valence-electron chi connectivity index (χ4n) is 3.46. The van der Waals surface area contributed by atoms with Gasteiger partial charge in [-0.2, -0.15) is 0 Å². The van der Waals surface area contributed by atoms with E-state index in [0.717, 1.165) is 17.0 Å². The van der Waals surface area contributed by atoms with E-state index < -0.39 is 0 Å². The maximum absolute atomic E-state index is 12.5. The Labute approximate surface area is 163 Å². The Morgan fingerprint density at radius 1 is 1.14 bits per heavy atom. The van der Waals surface area contributed by atoms with Crippen LogP contribution < -0.4 is 24.4 Å². The highest BCUT2D eigenvalue weighted by atomic mass is 16.6. The lowest BCUT2D eigenvalue weighted by molar-refractivity contribution is -0.121. The molecule has 2 heterocycles. The summed E-state index contributed by atoms with van der Waals surface area (Å²) in [6.07, 6.45) is 0.543. The predicted octanol–water partition coefficient (Wildman–Crippen LogP) is 1.93. The van der Waals surface area contributed by atoms with Gasteiger partial charge in [-0.15, -0.1) is 0 Å². The van der Waals surface area contributed by atoms with E-state index in [-0.39, 0.29) is 30.7 Å². The van der Waals surface area contributed by atoms with Gasteiger partial charge in [0, 0.05) is 24.7 Å². The number of carbonyl (C=O) groups is 2. The first-order chi connectivity index (χ1) is 13.6. The van der Waals surface area contributed by atoms with Crippen LogP contribution in [0.4, 0.5) is 5.69 Å². The third kappa shape index (κ3) is 3.88. The Kier molecular flexibility index (Phi) is 5.06. The molecule has 1 unspecified atom stereocenters. The minimum Gasteiger partial charge on any atom is -0.497 e. The molecule has 4 rings (SSSR count). The van der Waals surface area contributed by atoms with Gasteiger partial charge in [0.1, 0.15) is 19.0 Å². The van der Waals surface area contributed by atoms with Crippen molar-refractivity contribution < 1.29 is 23.8 Å². The largest absolute Gasteiger partial charge is 0.497 e. The second-order valence-electron chi connectivity index (χ2n) is 6.83. The molecule has 2 aromatic rings. The number of anilines is 1. The third-order valence-corrected chi connectivity index (χ3v) is 4.85. The summed E-state index contributed by atoms with van der Waals surface area (Å²) in [5.74, 6) is 1.95. The van der Waals surface area contributed by atoms with Gasteiger partial charge in [0.25, 0.3) is 0 Å². The third-order valence-electron chi connectivity index (χ3n) is 4.85. The number of methoxy groups -OCH3 is 1. The summed E-state index contributed by atoms with van der Waals surface area (Å²) in [6, 6.07) is 12.6. The molecule has 0 bridgehead atoms. The molecule has 146 valence electrons. The van der Waals surface area contributed by atoms with E-state index in [1.54, 1.807) is 12.0 Å². The van der Waals surface area contributed by atoms with Crippen LogP contribution in [0.1, 0.15) is 12.0 Å². The van der Waals surface area contributed by atoms with Crippen LogP contribution >= 0.6 is 0 Å². The van der Waals surface area contributed by atoms with E-state index in [1.807, 2.05) is 42.5 Å². The van der Waals surface area contributed by atoms with Crippen molar-refractivity contribution in [3.05, 3.63) is 48.0 Å². The van der Waals surface area contributed by atoms with Gasteiger partial charge < -0.3 is 24.4 Å². The molecule has 2 aromatic carbocycles. The fraction of sp³-hybridized carbons (Fsp3) is 0.333. The number of nitrogens with zero attached hydrogens (tertiary/aromatic N) is 1. The second kappa shape index (κ2) is 7.80. The van der Waals surface area contributed by atoms with Crippen LogP contribution in [-0.2, 0) is 16.0 Å². The number of benzene rings is 2. The van der Waals surface area contributed by atoms with Crippen molar-refractivity contribution in [1.82, 2.24) is 5.32 Å². The molecule has 0 aromatic heterocycles. The van der Waals surface area contributed by atoms with Gasteiger partial charge in [-0.3, -0.25) is 9.59 Å². The lowest BCUT2D eigenvalue weighted by Gasteiger charge is -2.22. The first-order valence-electron chi connectivity index (χ1n) is 9.24. The quantitative estimate of drug-likeness (QED) is 0.855. The summed E-state index contributed by atoms with van der Waals surface area (Å²) >= 11 is 0. The summed E-state index contributed by atoms with van der Waals surface area (Å²) in [4.78, 5) is 26.5. The molecule has 1 N–H and O–H groups in total. The van der Waals surface area contributed by atoms with Crippen LogP contribution in [0.25, 0.3) is 0 Å². The smallest absolute Gasteiger partial charge is 0.229 e. The van der Waals surface area contributed by atoms with Crippen molar-refractivity contribution in [2.45, 2.75) is 18.9 Å². The van der Waals surface area contributed by atoms with Crippen LogP contribution in [0.2, 0.25) is 0 Å². The lowest BCUT2D eigenvalue weighted by atomic mass is 10.1. The van der Waals surface area contributed by atoms with E-state index in [0.29, 0.717) is 31.3 Å². The molecule has 0 spiro atoms. The standard InChI is InChI=1S/C21H22N2O5/c1-26-17-5-2-14(3-6-17)10-20(24)22-15-11-21(25)23(13-15)16-4-7-18-19(12-16)28-9-8-27-18/h2-7,12,15H,8-11,13H2,1H3,(H,22,24). The van der Waals surface area contributed by atoms with Gasteiger partial charge in [-0.05, 0) is 29.8 Å². The van der Waals surface area contributed by atoms with Gasteiger partial charge in [0.2, 0.25) is 11.8 Å². The zero-order chi connectivity index (χ0) is 19.5. The number of hydrogen-bond acceptors (Lipinski definition) is 5. The van der Waals surface area contributed by atoms with Gasteiger partial charge >= 0.3 is 0 Å². The summed E-state index contributed by atoms with van der Waals surface area (Å²) in [5.41, 5.74) is 1.65. The number of carbonyl (C=O) groups excluding carboxylic acids is 2. The highest BCUT2D eigenvalue weighted by Gasteiger charge is 2.32. The highest BCUT2D eigenvalue weighted by molar-refractivity contribution is 5.97. The average Bonchev–Trinajstić information content (AvgIpc) is 3.08. The SMILES string of the molecule is COc1ccc(CC(=O)NC2CC(=O)N(c3ccc4c(c3)OCCO4)C2)cc1. The monoisotopic (exact) mass is 382 g/mol. The molecular weight excluding hydrogens is 360 g/mol. The molecule has 2 aliphatic rings. The normalized spacial score (nSPS) is 18.1. The molecule has 1 fully saturated rings. The zero-order valence-corrected chi connectivity index (χ0v) is 15.6. The molecule has 28 heavy (non-hydrogen) atoms. The van der Waals surface area contributed by atoms with Crippen molar-refractivity contribution in [2.75, 3.05) is 31.8 Å². The van der Waals surface area contributed by atoms with Crippen LogP contribution in [-0.4, -0.2) is 44.7 Å². The maximum Gasteiger partial charge on any atom is 0.229 e. The maximum atomic E-state index is 12.5. The Morgan fingerprint density at radius 2 is 1.89 bits per heavy atom. The van der Waals surface area contributed by atoms with E-state index in [2.05, 4.69) is 5.32 Å². The van der Waals surface area contributed by atoms with Crippen molar-refractivity contribution >= 4 is 17.5 Å². The Bertz CT molecular complexity index is 881. The van der Waals surface area contributed by atoms with Gasteiger partial charge in [-0.25, -0.2) is 0 Å². The molecule has 1 saturated heterocycles. The topological polar surface area (TPSA) is 77.1 Å². The first-order valence-corrected chi connectivity index (χ1v) is 9.24. The molecule has 2 aliphatic heterocycles. The minimum absolute atomic E-state index is 0.0218. The van der Waals surface area contributed by atoms with Crippen LogP contribution in [0.3, 0.4) is 0 Å². The molecule has 0 aliphatic carbocycles. The second-order valence-corrected chi connectivity index (χ2v) is 6.83. The Morgan fingerprint density at radius 3 is 2.64 bits per heavy atom. The molecule has 1 atom stereocenters. The lowest BCUT2D eigenvalue weighted by Crippen LogP contribution is -2.38. The van der Waals surface area contributed by atoms with Crippen molar-refractivity contribution in [2.24, 2.45) is 0 Å². The minimum atomic E-state index is -0.216. The molecule has 0 saturated carbocycles. The van der Waals surface area contributed by atoms with E-state index in [1.165, 1.54) is 0 Å². The highest BCUT2D eigenvalue weighted by Crippen LogP contribution is 2.35. The van der Waals surface area contributed by atoms with Crippen molar-refractivity contribution in [3.63, 3.8) is 0 Å². The molecule has 2 amide bonds. The van der Waals surface area contributed by atoms with Gasteiger partial charge in [0.05, 0.1) is 19.6 Å². The van der Waals surface area contributed by atoms with Crippen LogP contribution in [0.5, 0.6) is 17.2 Å². The van der Waals surface area contributed by atoms with E-state index >= 15 is 0 Å². The van der Waals surface area contributed by atoms with Gasteiger partial charge in [0.15, 0.2) is 11.5 Å². The number of fused-ring (bicyclic) bond motifs is 1. The fourth-order valence-corrected chi connectivity index (χ4v) is 3.46. The first kappa shape index (κ1) is 18.2. The number of ether oxygens (including phenoxy) is 3. The Balaban J connectivity index is 1.37. The number of rotatable bonds is 5. The average molecular weight is 382 g/mol. The summed E-state index contributed by atoms with van der Waals surface area (Å²) in [7, 11) is 1.60. The number of nitrogens with one attached hydrogen (secondary N) is 1. The molecule has 7 heteroatoms. The molecular formula is C21H22N2O5. The molecule has 0 radical (unpaired) electrons. The van der Waals surface area contributed by atoms with Crippen molar-refractivity contribution in [3.8, 4) is 17.2 Å². The summed E-state index contributed by atoms with van der Waals surface area (Å²) in [5, 5.41) is 2.96. The predicted molar refractivity (Wildman–Crippen MR) is 103 cm³/mol. The summed E-state index contributed by atoms with van der Waals surface area (Å²) < 4.78 is 16.2. The van der Waals surface area contributed by atoms with Crippen molar-refractivity contribution in [1.29, 1.82) is 0 Å². The van der Waals surface area contributed by atoms with E-state index in [9.17, 15) is 9.59 Å². The molecule has 7 nitrogen and oxygen atoms in total. The summed E-state index contributed by atoms with van der Waals surface area (Å²) in [6.45, 7) is 1.46.